The van der Waals surface area contributed by atoms with E-state index < -0.39 is 0 Å². The molecule has 0 spiro atoms. The minimum Gasteiger partial charge on any atom is -0.443 e. The highest BCUT2D eigenvalue weighted by Gasteiger charge is 2.15. The first-order valence-corrected chi connectivity index (χ1v) is 14.1. The molecule has 5 aromatic carbocycles. The van der Waals surface area contributed by atoms with Gasteiger partial charge in [0.25, 0.3) is 0 Å². The molecule has 0 unspecified atom stereocenters. The summed E-state index contributed by atoms with van der Waals surface area (Å²) in [6, 6.07) is 39.7. The van der Waals surface area contributed by atoms with Gasteiger partial charge in [-0.2, -0.15) is 0 Å². The predicted molar refractivity (Wildman–Crippen MR) is 177 cm³/mol. The molecule has 0 atom stereocenters. The van der Waals surface area contributed by atoms with E-state index >= 15 is 0 Å². The summed E-state index contributed by atoms with van der Waals surface area (Å²) in [6.45, 7) is 8.04. The first-order valence-electron chi connectivity index (χ1n) is 14.1. The van der Waals surface area contributed by atoms with Crippen LogP contribution in [0.3, 0.4) is 0 Å². The lowest BCUT2D eigenvalue weighted by Crippen LogP contribution is -1.98. The van der Waals surface area contributed by atoms with Crippen molar-refractivity contribution in [3.63, 3.8) is 0 Å². The molecule has 0 fully saturated rings. The fraction of sp³-hybridized carbons (Fsp3) is 0. The van der Waals surface area contributed by atoms with Crippen molar-refractivity contribution in [2.75, 3.05) is 0 Å². The summed E-state index contributed by atoms with van der Waals surface area (Å²) in [5, 5.41) is 2.22. The van der Waals surface area contributed by atoms with Gasteiger partial charge in [0.05, 0.1) is 11.4 Å². The maximum atomic E-state index is 5.59. The average molecular weight is 554 g/mol. The van der Waals surface area contributed by atoms with Crippen LogP contribution in [0.1, 0.15) is 5.82 Å². The van der Waals surface area contributed by atoms with Gasteiger partial charge < -0.3 is 4.42 Å². The number of hydrogen-bond acceptors (Lipinski definition) is 4. The Morgan fingerprint density at radius 1 is 0.628 bits per heavy atom. The van der Waals surface area contributed by atoms with Crippen molar-refractivity contribution in [2.45, 2.75) is 0 Å². The Balaban J connectivity index is 1.37. The zero-order chi connectivity index (χ0) is 29.2. The molecule has 204 valence electrons. The number of rotatable bonds is 7. The van der Waals surface area contributed by atoms with E-state index in [1.807, 2.05) is 30.4 Å². The van der Waals surface area contributed by atoms with Gasteiger partial charge >= 0.3 is 0 Å². The monoisotopic (exact) mass is 553 g/mol. The van der Waals surface area contributed by atoms with Crippen LogP contribution in [0.2, 0.25) is 0 Å². The van der Waals surface area contributed by atoms with E-state index in [0.717, 1.165) is 61.1 Å². The van der Waals surface area contributed by atoms with Gasteiger partial charge in [0.2, 0.25) is 0 Å². The fourth-order valence-corrected chi connectivity index (χ4v) is 5.40. The molecule has 4 nitrogen and oxygen atoms in total. The van der Waals surface area contributed by atoms with E-state index in [1.54, 1.807) is 6.08 Å². The Bertz CT molecular complexity index is 2160. The number of aromatic nitrogens is 3. The van der Waals surface area contributed by atoms with Gasteiger partial charge in [0, 0.05) is 16.7 Å². The van der Waals surface area contributed by atoms with Gasteiger partial charge in [0.15, 0.2) is 17.8 Å². The summed E-state index contributed by atoms with van der Waals surface area (Å²) in [5.74, 6) is 0.571. The van der Waals surface area contributed by atoms with Crippen LogP contribution in [-0.4, -0.2) is 15.0 Å². The topological polar surface area (TPSA) is 51.8 Å². The second kappa shape index (κ2) is 11.2. The third-order valence-corrected chi connectivity index (χ3v) is 7.58. The maximum Gasteiger partial charge on any atom is 0.181 e. The number of nitrogens with zero attached hydrogens (tertiary/aromatic N) is 3. The predicted octanol–water partition coefficient (Wildman–Crippen LogP) is 10.2. The van der Waals surface area contributed by atoms with Gasteiger partial charge in [0.1, 0.15) is 5.52 Å². The van der Waals surface area contributed by atoms with Crippen molar-refractivity contribution in [1.82, 2.24) is 15.0 Å². The number of fused-ring (bicyclic) bond motifs is 2. The molecular weight excluding hydrogens is 526 g/mol. The van der Waals surface area contributed by atoms with Crippen molar-refractivity contribution in [1.29, 1.82) is 0 Å². The van der Waals surface area contributed by atoms with Gasteiger partial charge in [-0.05, 0) is 51.2 Å². The first kappa shape index (κ1) is 26.1. The quantitative estimate of drug-likeness (QED) is 0.184. The molecule has 0 saturated heterocycles. The molecule has 4 heteroatoms. The molecule has 0 N–H and O–H groups in total. The summed E-state index contributed by atoms with van der Waals surface area (Å²) >= 11 is 0. The first-order chi connectivity index (χ1) is 21.2. The maximum absolute atomic E-state index is 5.59. The fourth-order valence-electron chi connectivity index (χ4n) is 5.40. The van der Waals surface area contributed by atoms with Crippen molar-refractivity contribution in [2.24, 2.45) is 0 Å². The molecule has 0 amide bonds. The summed E-state index contributed by atoms with van der Waals surface area (Å²) in [7, 11) is 0. The van der Waals surface area contributed by atoms with Crippen LogP contribution in [0.5, 0.6) is 0 Å². The molecule has 7 rings (SSSR count). The second-order valence-electron chi connectivity index (χ2n) is 10.3. The lowest BCUT2D eigenvalue weighted by molar-refractivity contribution is 0.602. The number of hydrogen-bond donors (Lipinski definition) is 0. The van der Waals surface area contributed by atoms with Crippen LogP contribution in [0.25, 0.3) is 72.2 Å². The normalized spacial score (nSPS) is 11.3. The molecular formula is C39H27N3O. The van der Waals surface area contributed by atoms with Crippen LogP contribution in [0, 0.1) is 0 Å². The lowest BCUT2D eigenvalue weighted by Gasteiger charge is -2.14. The zero-order valence-corrected chi connectivity index (χ0v) is 23.4. The smallest absolute Gasteiger partial charge is 0.181 e. The molecule has 0 aliphatic rings. The van der Waals surface area contributed by atoms with Crippen molar-refractivity contribution >= 4 is 27.4 Å². The molecule has 0 radical (unpaired) electrons. The summed E-state index contributed by atoms with van der Waals surface area (Å²) in [4.78, 5) is 14.2. The van der Waals surface area contributed by atoms with Crippen molar-refractivity contribution < 1.29 is 4.42 Å². The number of allylic oxidation sites excluding steroid dienone is 4. The number of benzene rings is 5. The molecule has 2 heterocycles. The third kappa shape index (κ3) is 5.07. The summed E-state index contributed by atoms with van der Waals surface area (Å²) in [5.41, 5.74) is 10.5. The van der Waals surface area contributed by atoms with E-state index in [2.05, 4.69) is 115 Å². The SMILES string of the molecule is C=C/C=C\C(=C)c1nc(-c2ccc(-c3ccccc3)cc2)cc(-c2ccc(-c3ccc4ncoc4c3)c3ccccc23)n1. The summed E-state index contributed by atoms with van der Waals surface area (Å²) < 4.78 is 5.59. The Kier molecular flexibility index (Phi) is 6.78. The van der Waals surface area contributed by atoms with Gasteiger partial charge in [-0.1, -0.05) is 128 Å². The van der Waals surface area contributed by atoms with Crippen LogP contribution < -0.4 is 0 Å². The van der Waals surface area contributed by atoms with Gasteiger partial charge in [-0.15, -0.1) is 0 Å². The third-order valence-electron chi connectivity index (χ3n) is 7.58. The van der Waals surface area contributed by atoms with Crippen LogP contribution in [0.4, 0.5) is 0 Å². The molecule has 0 saturated carbocycles. The average Bonchev–Trinajstić information content (AvgIpc) is 3.55. The minimum atomic E-state index is 0.571. The molecule has 0 bridgehead atoms. The van der Waals surface area contributed by atoms with Crippen molar-refractivity contribution in [3.05, 3.63) is 159 Å². The molecule has 2 aromatic heterocycles. The minimum absolute atomic E-state index is 0.571. The highest BCUT2D eigenvalue weighted by molar-refractivity contribution is 6.05. The second-order valence-corrected chi connectivity index (χ2v) is 10.3. The van der Waals surface area contributed by atoms with E-state index in [1.165, 1.54) is 12.0 Å². The standard InChI is InChI=1S/C39H27N3O/c1-3-4-10-26(2)39-41-36(29-17-15-28(16-18-29)27-11-6-5-7-12-27)24-37(42-39)34-21-20-31(32-13-8-9-14-33(32)34)30-19-22-35-38(23-30)43-25-40-35/h3-25H,1-2H2/b10-4-. The van der Waals surface area contributed by atoms with Gasteiger partial charge in [-0.25, -0.2) is 15.0 Å². The van der Waals surface area contributed by atoms with E-state index in [0.29, 0.717) is 11.4 Å². The van der Waals surface area contributed by atoms with E-state index in [4.69, 9.17) is 14.4 Å². The molecule has 7 aromatic rings. The zero-order valence-electron chi connectivity index (χ0n) is 23.4. The van der Waals surface area contributed by atoms with E-state index in [-0.39, 0.29) is 0 Å². The Labute approximate surface area is 250 Å². The largest absolute Gasteiger partial charge is 0.443 e. The van der Waals surface area contributed by atoms with E-state index in [9.17, 15) is 0 Å². The highest BCUT2D eigenvalue weighted by atomic mass is 16.3. The molecule has 0 aliphatic heterocycles. The van der Waals surface area contributed by atoms with Gasteiger partial charge in [-0.3, -0.25) is 0 Å². The lowest BCUT2D eigenvalue weighted by atomic mass is 9.93. The number of oxazole rings is 1. The highest BCUT2D eigenvalue weighted by Crippen LogP contribution is 2.37. The Hall–Kier alpha value is -5.87. The Morgan fingerprint density at radius 2 is 1.28 bits per heavy atom. The summed E-state index contributed by atoms with van der Waals surface area (Å²) in [6.07, 6.45) is 6.94. The Morgan fingerprint density at radius 3 is 2.07 bits per heavy atom. The molecule has 0 aliphatic carbocycles. The van der Waals surface area contributed by atoms with Crippen molar-refractivity contribution in [3.8, 4) is 44.8 Å². The van der Waals surface area contributed by atoms with Crippen LogP contribution in [0.15, 0.2) is 157 Å². The van der Waals surface area contributed by atoms with Crippen LogP contribution in [-0.2, 0) is 0 Å². The van der Waals surface area contributed by atoms with Crippen LogP contribution >= 0.6 is 0 Å². The molecule has 43 heavy (non-hydrogen) atoms.